The first kappa shape index (κ1) is 14.2. The van der Waals surface area contributed by atoms with Gasteiger partial charge in [-0.2, -0.15) is 0 Å². The predicted molar refractivity (Wildman–Crippen MR) is 78.7 cm³/mol. The van der Waals surface area contributed by atoms with E-state index in [0.717, 1.165) is 16.6 Å². The normalized spacial score (nSPS) is 24.2. The molecule has 1 aromatic carbocycles. The zero-order valence-electron chi connectivity index (χ0n) is 11.0. The largest absolute Gasteiger partial charge is 0.490 e. The van der Waals surface area contributed by atoms with Crippen molar-refractivity contribution in [2.75, 3.05) is 0 Å². The summed E-state index contributed by atoms with van der Waals surface area (Å²) in [5.74, 6) is 1.50. The lowest BCUT2D eigenvalue weighted by atomic mass is 9.88. The van der Waals surface area contributed by atoms with E-state index < -0.39 is 0 Å². The fourth-order valence-corrected chi connectivity index (χ4v) is 3.02. The molecular weight excluding hydrogens is 308 g/mol. The quantitative estimate of drug-likeness (QED) is 0.386. The molecule has 2 atom stereocenters. The maximum atomic E-state index is 8.69. The van der Waals surface area contributed by atoms with Crippen molar-refractivity contribution in [1.82, 2.24) is 0 Å². The molecule has 0 saturated heterocycles. The predicted octanol–water partition coefficient (Wildman–Crippen LogP) is 3.50. The maximum absolute atomic E-state index is 8.69. The van der Waals surface area contributed by atoms with E-state index >= 15 is 0 Å². The van der Waals surface area contributed by atoms with Crippen LogP contribution in [0, 0.1) is 5.92 Å². The molecule has 19 heavy (non-hydrogen) atoms. The van der Waals surface area contributed by atoms with Crippen molar-refractivity contribution in [3.05, 3.63) is 28.2 Å². The zero-order chi connectivity index (χ0) is 13.8. The highest BCUT2D eigenvalue weighted by molar-refractivity contribution is 9.10. The summed E-state index contributed by atoms with van der Waals surface area (Å²) in [5, 5.41) is 11.7. The second-order valence-electron chi connectivity index (χ2n) is 5.04. The summed E-state index contributed by atoms with van der Waals surface area (Å²) in [6.45, 7) is 2.24. The van der Waals surface area contributed by atoms with E-state index in [9.17, 15) is 0 Å². The first-order valence-electron chi connectivity index (χ1n) is 6.56. The van der Waals surface area contributed by atoms with Gasteiger partial charge in [-0.3, -0.25) is 0 Å². The number of rotatable bonds is 3. The lowest BCUT2D eigenvalue weighted by Gasteiger charge is -2.29. The number of benzene rings is 1. The number of hydrogen-bond acceptors (Lipinski definition) is 3. The highest BCUT2D eigenvalue weighted by Gasteiger charge is 2.23. The van der Waals surface area contributed by atoms with Crippen LogP contribution in [0.1, 0.15) is 38.2 Å². The van der Waals surface area contributed by atoms with Crippen LogP contribution in [0.5, 0.6) is 5.75 Å². The Hall–Kier alpha value is -1.23. The van der Waals surface area contributed by atoms with Crippen molar-refractivity contribution >= 4 is 21.8 Å². The van der Waals surface area contributed by atoms with E-state index in [1.165, 1.54) is 19.3 Å². The number of halogens is 1. The van der Waals surface area contributed by atoms with Crippen LogP contribution >= 0.6 is 15.9 Å². The average molecular weight is 327 g/mol. The number of nitrogens with two attached hydrogens (primary N) is 1. The van der Waals surface area contributed by atoms with Gasteiger partial charge in [0.25, 0.3) is 0 Å². The number of amidine groups is 1. The molecule has 2 unspecified atom stereocenters. The molecule has 104 valence electrons. The van der Waals surface area contributed by atoms with Crippen molar-refractivity contribution in [3.63, 3.8) is 0 Å². The topological polar surface area (TPSA) is 67.8 Å². The van der Waals surface area contributed by atoms with Gasteiger partial charge in [0.05, 0.1) is 0 Å². The van der Waals surface area contributed by atoms with E-state index in [1.54, 1.807) is 6.07 Å². The first-order valence-corrected chi connectivity index (χ1v) is 7.35. The van der Waals surface area contributed by atoms with Gasteiger partial charge in [-0.05, 0) is 59.3 Å². The van der Waals surface area contributed by atoms with Crippen molar-refractivity contribution in [2.24, 2.45) is 16.8 Å². The Balaban J connectivity index is 2.11. The van der Waals surface area contributed by atoms with Gasteiger partial charge < -0.3 is 15.7 Å². The van der Waals surface area contributed by atoms with Crippen LogP contribution in [0.25, 0.3) is 0 Å². The molecule has 1 saturated carbocycles. The zero-order valence-corrected chi connectivity index (χ0v) is 12.6. The average Bonchev–Trinajstić information content (AvgIpc) is 2.41. The minimum Gasteiger partial charge on any atom is -0.490 e. The summed E-state index contributed by atoms with van der Waals surface area (Å²) in [5.41, 5.74) is 6.24. The number of nitrogens with zero attached hydrogens (tertiary/aromatic N) is 1. The summed E-state index contributed by atoms with van der Waals surface area (Å²) in [4.78, 5) is 0. The third-order valence-corrected chi connectivity index (χ3v) is 4.30. The monoisotopic (exact) mass is 326 g/mol. The molecule has 0 amide bonds. The van der Waals surface area contributed by atoms with E-state index in [4.69, 9.17) is 15.7 Å². The molecule has 0 aromatic heterocycles. The van der Waals surface area contributed by atoms with Gasteiger partial charge in [-0.1, -0.05) is 18.5 Å². The molecule has 2 rings (SSSR count). The number of ether oxygens (including phenoxy) is 1. The molecule has 0 bridgehead atoms. The van der Waals surface area contributed by atoms with E-state index in [0.29, 0.717) is 11.5 Å². The molecule has 0 heterocycles. The lowest BCUT2D eigenvalue weighted by Crippen LogP contribution is -2.28. The van der Waals surface area contributed by atoms with E-state index in [1.807, 2.05) is 12.1 Å². The van der Waals surface area contributed by atoms with E-state index in [2.05, 4.69) is 28.0 Å². The molecule has 0 radical (unpaired) electrons. The third kappa shape index (κ3) is 3.41. The summed E-state index contributed by atoms with van der Waals surface area (Å²) in [6, 6.07) is 5.52. The molecule has 1 aliphatic carbocycles. The van der Waals surface area contributed by atoms with Crippen molar-refractivity contribution in [3.8, 4) is 5.75 Å². The first-order chi connectivity index (χ1) is 9.11. The van der Waals surface area contributed by atoms with Crippen LogP contribution in [0.2, 0.25) is 0 Å². The molecule has 1 aromatic rings. The van der Waals surface area contributed by atoms with Gasteiger partial charge >= 0.3 is 0 Å². The Bertz CT molecular complexity index is 477. The fraction of sp³-hybridized carbons (Fsp3) is 0.500. The van der Waals surface area contributed by atoms with Gasteiger partial charge in [-0.25, -0.2) is 0 Å². The molecule has 1 aliphatic rings. The van der Waals surface area contributed by atoms with E-state index in [-0.39, 0.29) is 11.9 Å². The van der Waals surface area contributed by atoms with Crippen LogP contribution < -0.4 is 10.5 Å². The minimum absolute atomic E-state index is 0.0875. The van der Waals surface area contributed by atoms with Gasteiger partial charge in [0.15, 0.2) is 5.84 Å². The summed E-state index contributed by atoms with van der Waals surface area (Å²) < 4.78 is 6.81. The van der Waals surface area contributed by atoms with Gasteiger partial charge in [0.1, 0.15) is 11.9 Å². The van der Waals surface area contributed by atoms with Gasteiger partial charge in [0, 0.05) is 10.0 Å². The Kier molecular flexibility index (Phi) is 4.69. The Morgan fingerprint density at radius 1 is 1.42 bits per heavy atom. The highest BCUT2D eigenvalue weighted by Crippen LogP contribution is 2.30. The Morgan fingerprint density at radius 3 is 2.79 bits per heavy atom. The summed E-state index contributed by atoms with van der Waals surface area (Å²) in [6.07, 6.45) is 5.16. The number of oxime groups is 1. The molecular formula is C14H19BrN2O2. The lowest BCUT2D eigenvalue weighted by molar-refractivity contribution is 0.102. The highest BCUT2D eigenvalue weighted by atomic mass is 79.9. The molecule has 1 fully saturated rings. The number of hydrogen-bond donors (Lipinski definition) is 2. The fourth-order valence-electron chi connectivity index (χ4n) is 2.46. The van der Waals surface area contributed by atoms with Crippen LogP contribution in [0.4, 0.5) is 0 Å². The Morgan fingerprint density at radius 2 is 2.16 bits per heavy atom. The van der Waals surface area contributed by atoms with Crippen LogP contribution in [-0.4, -0.2) is 17.1 Å². The van der Waals surface area contributed by atoms with Gasteiger partial charge in [-0.15, -0.1) is 0 Å². The summed E-state index contributed by atoms with van der Waals surface area (Å²) in [7, 11) is 0. The molecule has 0 aliphatic heterocycles. The maximum Gasteiger partial charge on any atom is 0.171 e. The third-order valence-electron chi connectivity index (χ3n) is 3.64. The summed E-state index contributed by atoms with van der Waals surface area (Å²) >= 11 is 3.42. The smallest absolute Gasteiger partial charge is 0.171 e. The van der Waals surface area contributed by atoms with Crippen molar-refractivity contribution in [2.45, 2.75) is 38.7 Å². The van der Waals surface area contributed by atoms with Crippen LogP contribution in [0.15, 0.2) is 27.8 Å². The van der Waals surface area contributed by atoms with Crippen LogP contribution in [-0.2, 0) is 0 Å². The molecule has 4 nitrogen and oxygen atoms in total. The second kappa shape index (κ2) is 6.28. The molecule has 0 spiro atoms. The SMILES string of the molecule is CC1CCCCC1Oc1ccc(/C(N)=N/O)c(Br)c1. The molecule has 5 heteroatoms. The van der Waals surface area contributed by atoms with Crippen LogP contribution in [0.3, 0.4) is 0 Å². The van der Waals surface area contributed by atoms with Crippen molar-refractivity contribution < 1.29 is 9.94 Å². The Labute approximate surface area is 121 Å². The van der Waals surface area contributed by atoms with Gasteiger partial charge in [0.2, 0.25) is 0 Å². The second-order valence-corrected chi connectivity index (χ2v) is 5.90. The van der Waals surface area contributed by atoms with Crippen molar-refractivity contribution in [1.29, 1.82) is 0 Å². The minimum atomic E-state index is 0.0875. The molecule has 3 N–H and O–H groups in total. The standard InChI is InChI=1S/C14H19BrN2O2/c1-9-4-2-3-5-13(9)19-10-6-7-11(12(15)8-10)14(16)17-18/h6-9,13,18H,2-5H2,1H3,(H2,16,17).